The molecule has 1 fully saturated rings. The van der Waals surface area contributed by atoms with E-state index < -0.39 is 0 Å². The van der Waals surface area contributed by atoms with E-state index in [0.29, 0.717) is 5.41 Å². The summed E-state index contributed by atoms with van der Waals surface area (Å²) in [6, 6.07) is 0. The number of nitrogens with zero attached hydrogens (tertiary/aromatic N) is 2. The summed E-state index contributed by atoms with van der Waals surface area (Å²) in [7, 11) is 0. The minimum atomic E-state index is 0.501. The minimum absolute atomic E-state index is 0.501. The Morgan fingerprint density at radius 3 is 2.71 bits per heavy atom. The van der Waals surface area contributed by atoms with Gasteiger partial charge in [0.15, 0.2) is 4.34 Å². The summed E-state index contributed by atoms with van der Waals surface area (Å²) in [5.41, 5.74) is 0.501. The van der Waals surface area contributed by atoms with Gasteiger partial charge in [-0.15, -0.1) is 0 Å². The van der Waals surface area contributed by atoms with Crippen LogP contribution in [0.2, 0.25) is 0 Å². The first kappa shape index (κ1) is 13.8. The van der Waals surface area contributed by atoms with Gasteiger partial charge < -0.3 is 0 Å². The van der Waals surface area contributed by atoms with Crippen LogP contribution in [0.3, 0.4) is 0 Å². The molecule has 5 heteroatoms. The molecule has 1 aliphatic rings. The average molecular weight is 335 g/mol. The Morgan fingerprint density at radius 2 is 2.12 bits per heavy atom. The molecule has 0 spiro atoms. The van der Waals surface area contributed by atoms with Crippen molar-refractivity contribution in [3.8, 4) is 0 Å². The van der Waals surface area contributed by atoms with Crippen molar-refractivity contribution in [1.82, 2.24) is 9.36 Å². The number of aryl methyl sites for hydroxylation is 1. The van der Waals surface area contributed by atoms with E-state index in [1.165, 1.54) is 37.9 Å². The molecule has 1 heterocycles. The van der Waals surface area contributed by atoms with Gasteiger partial charge in [-0.05, 0) is 29.8 Å². The first-order chi connectivity index (χ1) is 8.28. The van der Waals surface area contributed by atoms with Gasteiger partial charge in [0, 0.05) is 17.5 Å². The number of aromatic nitrogens is 2. The monoisotopic (exact) mass is 334 g/mol. The molecule has 1 saturated carbocycles. The normalized spacial score (nSPS) is 19.4. The van der Waals surface area contributed by atoms with Crippen molar-refractivity contribution in [2.75, 3.05) is 11.1 Å². The van der Waals surface area contributed by atoms with E-state index in [1.54, 1.807) is 11.5 Å². The summed E-state index contributed by atoms with van der Waals surface area (Å²) in [4.78, 5) is 4.53. The lowest BCUT2D eigenvalue weighted by atomic mass is 9.77. The average Bonchev–Trinajstić information content (AvgIpc) is 2.85. The zero-order chi connectivity index (χ0) is 12.1. The molecule has 0 aromatic carbocycles. The zero-order valence-electron chi connectivity index (χ0n) is 10.2. The minimum Gasteiger partial charge on any atom is -0.213 e. The molecular formula is C12H19BrN2S2. The molecule has 0 unspecified atom stereocenters. The quantitative estimate of drug-likeness (QED) is 0.584. The van der Waals surface area contributed by atoms with Gasteiger partial charge in [0.2, 0.25) is 0 Å². The van der Waals surface area contributed by atoms with E-state index in [-0.39, 0.29) is 0 Å². The summed E-state index contributed by atoms with van der Waals surface area (Å²) >= 11 is 7.17. The van der Waals surface area contributed by atoms with Crippen LogP contribution >= 0.6 is 39.2 Å². The number of hydrogen-bond donors (Lipinski definition) is 0. The molecule has 17 heavy (non-hydrogen) atoms. The molecule has 0 amide bonds. The van der Waals surface area contributed by atoms with Crippen molar-refractivity contribution in [1.29, 1.82) is 0 Å². The Labute approximate surface area is 120 Å². The fourth-order valence-corrected chi connectivity index (χ4v) is 5.28. The molecule has 1 aliphatic carbocycles. The van der Waals surface area contributed by atoms with Crippen LogP contribution in [0.1, 0.15) is 44.9 Å². The Balaban J connectivity index is 1.90. The number of rotatable bonds is 5. The topological polar surface area (TPSA) is 25.8 Å². The third-order valence-electron chi connectivity index (χ3n) is 3.47. The summed E-state index contributed by atoms with van der Waals surface area (Å²) in [5.74, 6) is 2.19. The molecule has 0 saturated heterocycles. The van der Waals surface area contributed by atoms with Crippen LogP contribution in [0.15, 0.2) is 4.34 Å². The highest BCUT2D eigenvalue weighted by Crippen LogP contribution is 2.42. The number of halogens is 1. The van der Waals surface area contributed by atoms with E-state index in [0.717, 1.165) is 21.9 Å². The second-order valence-corrected chi connectivity index (χ2v) is 7.35. The molecule has 0 radical (unpaired) electrons. The molecule has 0 N–H and O–H groups in total. The third kappa shape index (κ3) is 3.67. The molecule has 0 bridgehead atoms. The Kier molecular flexibility index (Phi) is 5.30. The highest BCUT2D eigenvalue weighted by molar-refractivity contribution is 9.09. The van der Waals surface area contributed by atoms with Crippen molar-refractivity contribution >= 4 is 39.2 Å². The molecule has 96 valence electrons. The second kappa shape index (κ2) is 6.53. The fourth-order valence-electron chi connectivity index (χ4n) is 2.27. The van der Waals surface area contributed by atoms with Gasteiger partial charge in [0.1, 0.15) is 5.82 Å². The fraction of sp³-hybridized carbons (Fsp3) is 0.833. The number of hydrogen-bond acceptors (Lipinski definition) is 4. The van der Waals surface area contributed by atoms with E-state index in [9.17, 15) is 0 Å². The van der Waals surface area contributed by atoms with Crippen molar-refractivity contribution in [2.24, 2.45) is 5.41 Å². The van der Waals surface area contributed by atoms with Gasteiger partial charge in [-0.25, -0.2) is 4.98 Å². The van der Waals surface area contributed by atoms with Crippen LogP contribution in [0.4, 0.5) is 0 Å². The van der Waals surface area contributed by atoms with Gasteiger partial charge >= 0.3 is 0 Å². The van der Waals surface area contributed by atoms with Crippen LogP contribution in [-0.2, 0) is 6.42 Å². The third-order valence-corrected chi connectivity index (χ3v) is 6.88. The molecule has 1 aromatic heterocycles. The lowest BCUT2D eigenvalue weighted by molar-refractivity contribution is 0.260. The van der Waals surface area contributed by atoms with Gasteiger partial charge in [-0.3, -0.25) is 0 Å². The lowest BCUT2D eigenvalue weighted by Gasteiger charge is -2.35. The number of thioether (sulfide) groups is 1. The summed E-state index contributed by atoms with van der Waals surface area (Å²) < 4.78 is 5.49. The van der Waals surface area contributed by atoms with Gasteiger partial charge in [-0.2, -0.15) is 4.37 Å². The standard InChI is InChI=1S/C12H19BrN2S2/c1-2-10-14-11(17-15-10)16-9-12(8-13)6-4-3-5-7-12/h2-9H2,1H3. The van der Waals surface area contributed by atoms with Crippen molar-refractivity contribution in [3.05, 3.63) is 5.82 Å². The summed E-state index contributed by atoms with van der Waals surface area (Å²) in [6.07, 6.45) is 7.87. The molecule has 0 atom stereocenters. The predicted molar refractivity (Wildman–Crippen MR) is 79.3 cm³/mol. The van der Waals surface area contributed by atoms with Crippen molar-refractivity contribution < 1.29 is 0 Å². The van der Waals surface area contributed by atoms with Crippen molar-refractivity contribution in [2.45, 2.75) is 49.8 Å². The SMILES string of the molecule is CCc1nsc(SCC2(CBr)CCCCC2)n1. The Morgan fingerprint density at radius 1 is 1.35 bits per heavy atom. The number of alkyl halides is 1. The highest BCUT2D eigenvalue weighted by Gasteiger charge is 2.31. The largest absolute Gasteiger partial charge is 0.213 e. The maximum absolute atomic E-state index is 4.53. The van der Waals surface area contributed by atoms with Crippen LogP contribution in [-0.4, -0.2) is 20.4 Å². The second-order valence-electron chi connectivity index (χ2n) is 4.81. The highest BCUT2D eigenvalue weighted by atomic mass is 79.9. The first-order valence-electron chi connectivity index (χ1n) is 6.29. The van der Waals surface area contributed by atoms with E-state index in [2.05, 4.69) is 32.2 Å². The van der Waals surface area contributed by atoms with E-state index in [1.807, 2.05) is 11.8 Å². The maximum Gasteiger partial charge on any atom is 0.170 e. The van der Waals surface area contributed by atoms with E-state index in [4.69, 9.17) is 0 Å². The first-order valence-corrected chi connectivity index (χ1v) is 9.17. The molecule has 1 aromatic rings. The molecule has 2 rings (SSSR count). The van der Waals surface area contributed by atoms with Crippen molar-refractivity contribution in [3.63, 3.8) is 0 Å². The smallest absolute Gasteiger partial charge is 0.170 e. The van der Waals surface area contributed by atoms with E-state index >= 15 is 0 Å². The Hall–Kier alpha value is 0.390. The van der Waals surface area contributed by atoms with Crippen LogP contribution in [0.5, 0.6) is 0 Å². The summed E-state index contributed by atoms with van der Waals surface area (Å²) in [6.45, 7) is 2.11. The van der Waals surface area contributed by atoms with Gasteiger partial charge in [0.05, 0.1) is 0 Å². The van der Waals surface area contributed by atoms with Gasteiger partial charge in [-0.1, -0.05) is 53.9 Å². The zero-order valence-corrected chi connectivity index (χ0v) is 13.5. The Bertz CT molecular complexity index is 348. The maximum atomic E-state index is 4.53. The summed E-state index contributed by atoms with van der Waals surface area (Å²) in [5, 5.41) is 1.13. The molecule has 2 nitrogen and oxygen atoms in total. The lowest BCUT2D eigenvalue weighted by Crippen LogP contribution is -2.28. The van der Waals surface area contributed by atoms with Crippen LogP contribution in [0.25, 0.3) is 0 Å². The molecular weight excluding hydrogens is 316 g/mol. The van der Waals surface area contributed by atoms with Crippen LogP contribution < -0.4 is 0 Å². The van der Waals surface area contributed by atoms with Crippen LogP contribution in [0, 0.1) is 5.41 Å². The van der Waals surface area contributed by atoms with Gasteiger partial charge in [0.25, 0.3) is 0 Å². The predicted octanol–water partition coefficient (Wildman–Crippen LogP) is 4.54. The molecule has 0 aliphatic heterocycles.